The van der Waals surface area contributed by atoms with Gasteiger partial charge in [-0.15, -0.1) is 0 Å². The van der Waals surface area contributed by atoms with Crippen molar-refractivity contribution in [3.63, 3.8) is 0 Å². The van der Waals surface area contributed by atoms with Crippen LogP contribution in [0.2, 0.25) is 0 Å². The number of halogens is 8. The highest BCUT2D eigenvalue weighted by Gasteiger charge is 2.56. The van der Waals surface area contributed by atoms with E-state index < -0.39 is 72.3 Å². The molecule has 0 radical (unpaired) electrons. The molecule has 1 unspecified atom stereocenters. The SMILES string of the molecule is CC1=NC(CCc2ccc(OCCCC(F)(F)C(F)(F)F)c(C(F)(F)F)c2)(COP(=O)(C(C)(C)C)C(C)(C)C)CO1. The van der Waals surface area contributed by atoms with Crippen molar-refractivity contribution < 1.29 is 53.7 Å². The molecule has 0 aromatic heterocycles. The molecule has 1 aromatic carbocycles. The molecule has 0 aliphatic carbocycles. The Balaban J connectivity index is 2.20. The van der Waals surface area contributed by atoms with E-state index in [1.54, 1.807) is 6.92 Å². The zero-order valence-electron chi connectivity index (χ0n) is 24.2. The summed E-state index contributed by atoms with van der Waals surface area (Å²) in [5, 5.41) is -1.38. The zero-order valence-corrected chi connectivity index (χ0v) is 25.1. The van der Waals surface area contributed by atoms with E-state index in [9.17, 15) is 39.7 Å². The zero-order chi connectivity index (χ0) is 31.7. The summed E-state index contributed by atoms with van der Waals surface area (Å²) < 4.78 is 135. The molecule has 1 heterocycles. The Bertz CT molecular complexity index is 1120. The molecule has 41 heavy (non-hydrogen) atoms. The average molecular weight is 624 g/mol. The lowest BCUT2D eigenvalue weighted by Crippen LogP contribution is -2.38. The molecule has 1 aromatic rings. The first-order chi connectivity index (χ1) is 18.3. The van der Waals surface area contributed by atoms with Gasteiger partial charge in [-0.2, -0.15) is 35.1 Å². The van der Waals surface area contributed by atoms with Gasteiger partial charge in [0.05, 0.1) is 18.8 Å². The number of aliphatic imine (C=N–C) groups is 1. The van der Waals surface area contributed by atoms with Gasteiger partial charge in [0.2, 0.25) is 7.37 Å². The van der Waals surface area contributed by atoms with Gasteiger partial charge in [-0.3, -0.25) is 4.57 Å². The van der Waals surface area contributed by atoms with E-state index in [1.165, 1.54) is 6.07 Å². The van der Waals surface area contributed by atoms with Crippen molar-refractivity contribution in [1.82, 2.24) is 0 Å². The van der Waals surface area contributed by atoms with E-state index in [4.69, 9.17) is 14.0 Å². The Morgan fingerprint density at radius 3 is 2.02 bits per heavy atom. The van der Waals surface area contributed by atoms with Crippen LogP contribution in [-0.4, -0.2) is 53.7 Å². The molecule has 1 aliphatic rings. The van der Waals surface area contributed by atoms with Crippen LogP contribution in [0.5, 0.6) is 5.75 Å². The fourth-order valence-corrected chi connectivity index (χ4v) is 7.80. The molecule has 5 nitrogen and oxygen atoms in total. The lowest BCUT2D eigenvalue weighted by atomic mass is 9.93. The molecule has 1 aliphatic heterocycles. The predicted octanol–water partition coefficient (Wildman–Crippen LogP) is 9.07. The van der Waals surface area contributed by atoms with Gasteiger partial charge < -0.3 is 14.0 Å². The molecule has 0 N–H and O–H groups in total. The van der Waals surface area contributed by atoms with Crippen molar-refractivity contribution in [1.29, 1.82) is 0 Å². The Morgan fingerprint density at radius 2 is 1.56 bits per heavy atom. The van der Waals surface area contributed by atoms with Crippen LogP contribution in [0.15, 0.2) is 23.2 Å². The molecule has 14 heteroatoms. The summed E-state index contributed by atoms with van der Waals surface area (Å²) in [6, 6.07) is 3.21. The Labute approximate surface area is 235 Å². The number of rotatable bonds is 11. The Kier molecular flexibility index (Phi) is 10.3. The summed E-state index contributed by atoms with van der Waals surface area (Å²) in [6.07, 6.45) is -12.8. The van der Waals surface area contributed by atoms with Gasteiger partial charge in [-0.25, -0.2) is 4.99 Å². The van der Waals surface area contributed by atoms with Gasteiger partial charge in [0.15, 0.2) is 5.90 Å². The van der Waals surface area contributed by atoms with Crippen LogP contribution in [0.4, 0.5) is 35.1 Å². The molecule has 236 valence electrons. The topological polar surface area (TPSA) is 57.1 Å². The van der Waals surface area contributed by atoms with Gasteiger partial charge in [0.25, 0.3) is 0 Å². The summed E-state index contributed by atoms with van der Waals surface area (Å²) in [7, 11) is -3.27. The Hall–Kier alpha value is -1.88. The van der Waals surface area contributed by atoms with E-state index in [0.717, 1.165) is 12.1 Å². The predicted molar refractivity (Wildman–Crippen MR) is 140 cm³/mol. The van der Waals surface area contributed by atoms with Crippen LogP contribution < -0.4 is 4.74 Å². The molecule has 0 spiro atoms. The van der Waals surface area contributed by atoms with Crippen molar-refractivity contribution in [3.05, 3.63) is 29.3 Å². The minimum Gasteiger partial charge on any atom is -0.493 e. The molecule has 2 rings (SSSR count). The molecule has 0 saturated carbocycles. The van der Waals surface area contributed by atoms with Crippen LogP contribution in [-0.2, 0) is 26.4 Å². The summed E-state index contributed by atoms with van der Waals surface area (Å²) in [5.74, 6) is -5.28. The van der Waals surface area contributed by atoms with Crippen LogP contribution in [0, 0.1) is 0 Å². The maximum Gasteiger partial charge on any atom is 0.453 e. The molecule has 0 amide bonds. The normalized spacial score (nSPS) is 19.2. The highest BCUT2D eigenvalue weighted by Crippen LogP contribution is 2.68. The highest BCUT2D eigenvalue weighted by atomic mass is 31.2. The minimum absolute atomic E-state index is 0.0773. The maximum atomic E-state index is 14.0. The molecular weight excluding hydrogens is 585 g/mol. The third kappa shape index (κ3) is 8.58. The number of alkyl halides is 8. The first-order valence-corrected chi connectivity index (χ1v) is 14.7. The summed E-state index contributed by atoms with van der Waals surface area (Å²) >= 11 is 0. The molecule has 0 fully saturated rings. The van der Waals surface area contributed by atoms with Gasteiger partial charge in [0.1, 0.15) is 17.9 Å². The van der Waals surface area contributed by atoms with E-state index in [-0.39, 0.29) is 31.6 Å². The van der Waals surface area contributed by atoms with Crippen LogP contribution in [0.3, 0.4) is 0 Å². The van der Waals surface area contributed by atoms with Gasteiger partial charge in [-0.05, 0) is 37.0 Å². The number of nitrogens with zero attached hydrogens (tertiary/aromatic N) is 1. The second-order valence-electron chi connectivity index (χ2n) is 12.3. The molecule has 0 bridgehead atoms. The van der Waals surface area contributed by atoms with Crippen LogP contribution in [0.25, 0.3) is 0 Å². The monoisotopic (exact) mass is 623 g/mol. The average Bonchev–Trinajstić information content (AvgIpc) is 3.17. The summed E-state index contributed by atoms with van der Waals surface area (Å²) in [5.41, 5.74) is -1.93. The fourth-order valence-electron chi connectivity index (χ4n) is 4.59. The van der Waals surface area contributed by atoms with Crippen LogP contribution in [0.1, 0.15) is 78.9 Å². The standard InChI is InChI=1S/C27H38F8NO4P/c1-18-36-24(16-39-18,17-40-41(37,22(2,3)4)23(5,6)7)13-11-19-9-10-21(20(15-19)26(30,31)32)38-14-8-12-25(28,29)27(33,34)35/h9-10,15H,8,11-14,16-17H2,1-7H3. The van der Waals surface area contributed by atoms with E-state index in [1.807, 2.05) is 41.5 Å². The van der Waals surface area contributed by atoms with E-state index in [2.05, 4.69) is 4.99 Å². The van der Waals surface area contributed by atoms with Crippen LogP contribution >= 0.6 is 7.37 Å². The number of aryl methyl sites for hydroxylation is 1. The third-order valence-electron chi connectivity index (χ3n) is 6.76. The largest absolute Gasteiger partial charge is 0.493 e. The highest BCUT2D eigenvalue weighted by molar-refractivity contribution is 7.62. The first kappa shape index (κ1) is 35.3. The number of hydrogen-bond donors (Lipinski definition) is 0. The summed E-state index contributed by atoms with van der Waals surface area (Å²) in [6.45, 7) is 11.8. The van der Waals surface area contributed by atoms with Gasteiger partial charge in [0, 0.05) is 23.7 Å². The number of ether oxygens (including phenoxy) is 2. The lowest BCUT2D eigenvalue weighted by molar-refractivity contribution is -0.284. The number of hydrogen-bond acceptors (Lipinski definition) is 5. The van der Waals surface area contributed by atoms with Gasteiger partial charge in [-0.1, -0.05) is 47.6 Å². The van der Waals surface area contributed by atoms with Crippen molar-refractivity contribution in [3.8, 4) is 5.75 Å². The van der Waals surface area contributed by atoms with Crippen molar-refractivity contribution in [2.24, 2.45) is 4.99 Å². The number of benzene rings is 1. The third-order valence-corrected chi connectivity index (χ3v) is 10.8. The molecular formula is C27H38F8NO4P. The van der Waals surface area contributed by atoms with E-state index >= 15 is 0 Å². The maximum absolute atomic E-state index is 14.0. The van der Waals surface area contributed by atoms with E-state index in [0.29, 0.717) is 5.90 Å². The Morgan fingerprint density at radius 1 is 0.976 bits per heavy atom. The quantitative estimate of drug-likeness (QED) is 0.140. The smallest absolute Gasteiger partial charge is 0.453 e. The molecule has 1 atom stereocenters. The second kappa shape index (κ2) is 12.0. The second-order valence-corrected chi connectivity index (χ2v) is 16.3. The summed E-state index contributed by atoms with van der Waals surface area (Å²) in [4.78, 5) is 4.54. The fraction of sp³-hybridized carbons (Fsp3) is 0.741. The van der Waals surface area contributed by atoms with Crippen molar-refractivity contribution in [2.45, 2.75) is 108 Å². The van der Waals surface area contributed by atoms with Crippen molar-refractivity contribution >= 4 is 13.3 Å². The first-order valence-electron chi connectivity index (χ1n) is 13.1. The minimum atomic E-state index is -5.75. The van der Waals surface area contributed by atoms with Gasteiger partial charge >= 0.3 is 18.3 Å². The lowest BCUT2D eigenvalue weighted by Gasteiger charge is -2.41. The van der Waals surface area contributed by atoms with Crippen molar-refractivity contribution in [2.75, 3.05) is 19.8 Å². The molecule has 0 saturated heterocycles.